The van der Waals surface area contributed by atoms with Crippen LogP contribution in [0.2, 0.25) is 5.02 Å². The van der Waals surface area contributed by atoms with Gasteiger partial charge in [-0.15, -0.1) is 0 Å². The van der Waals surface area contributed by atoms with E-state index in [1.807, 2.05) is 31.2 Å². The molecule has 1 N–H and O–H groups in total. The Balaban J connectivity index is 2.41. The van der Waals surface area contributed by atoms with Gasteiger partial charge in [-0.3, -0.25) is 0 Å². The summed E-state index contributed by atoms with van der Waals surface area (Å²) in [5.74, 6) is 1.73. The number of rotatable bonds is 5. The van der Waals surface area contributed by atoms with E-state index in [0.29, 0.717) is 0 Å². The summed E-state index contributed by atoms with van der Waals surface area (Å²) < 4.78 is 0. The number of nitrogens with one attached hydrogen (secondary N) is 1. The van der Waals surface area contributed by atoms with Gasteiger partial charge in [0.1, 0.15) is 11.6 Å². The van der Waals surface area contributed by atoms with Gasteiger partial charge in [0.15, 0.2) is 0 Å². The van der Waals surface area contributed by atoms with Crippen LogP contribution in [0.5, 0.6) is 0 Å². The second-order valence-electron chi connectivity index (χ2n) is 4.80. The molecule has 0 bridgehead atoms. The number of benzene rings is 1. The summed E-state index contributed by atoms with van der Waals surface area (Å²) in [4.78, 5) is 9.09. The van der Waals surface area contributed by atoms with Gasteiger partial charge in [-0.1, -0.05) is 37.6 Å². The third kappa shape index (κ3) is 3.48. The molecule has 0 amide bonds. The van der Waals surface area contributed by atoms with Crippen LogP contribution in [0.1, 0.15) is 31.7 Å². The van der Waals surface area contributed by atoms with Gasteiger partial charge >= 0.3 is 0 Å². The SMILES string of the molecule is CCCNc1cc(-c2ccc(C)c(Cl)c2)nc(CC)n1. The van der Waals surface area contributed by atoms with Gasteiger partial charge in [0.2, 0.25) is 0 Å². The molecule has 2 aromatic rings. The van der Waals surface area contributed by atoms with E-state index >= 15 is 0 Å². The van der Waals surface area contributed by atoms with E-state index < -0.39 is 0 Å². The summed E-state index contributed by atoms with van der Waals surface area (Å²) in [6.45, 7) is 7.10. The number of hydrogen-bond donors (Lipinski definition) is 1. The highest BCUT2D eigenvalue weighted by Crippen LogP contribution is 2.25. The molecule has 0 atom stereocenters. The first-order chi connectivity index (χ1) is 9.63. The van der Waals surface area contributed by atoms with E-state index in [2.05, 4.69) is 29.1 Å². The molecule has 1 heterocycles. The molecule has 0 aliphatic heterocycles. The first kappa shape index (κ1) is 14.8. The van der Waals surface area contributed by atoms with Crippen molar-refractivity contribution in [2.75, 3.05) is 11.9 Å². The van der Waals surface area contributed by atoms with Crippen molar-refractivity contribution >= 4 is 17.4 Å². The number of nitrogens with zero attached hydrogens (tertiary/aromatic N) is 2. The quantitative estimate of drug-likeness (QED) is 0.881. The van der Waals surface area contributed by atoms with Gasteiger partial charge < -0.3 is 5.32 Å². The van der Waals surface area contributed by atoms with Gasteiger partial charge in [0.25, 0.3) is 0 Å². The van der Waals surface area contributed by atoms with Crippen LogP contribution in [0.3, 0.4) is 0 Å². The average molecular weight is 290 g/mol. The van der Waals surface area contributed by atoms with Crippen molar-refractivity contribution in [1.29, 1.82) is 0 Å². The Morgan fingerprint density at radius 3 is 2.60 bits per heavy atom. The van der Waals surface area contributed by atoms with Crippen LogP contribution in [0, 0.1) is 6.92 Å². The number of aromatic nitrogens is 2. The minimum absolute atomic E-state index is 0.766. The zero-order chi connectivity index (χ0) is 14.5. The highest BCUT2D eigenvalue weighted by molar-refractivity contribution is 6.31. The minimum atomic E-state index is 0.766. The summed E-state index contributed by atoms with van der Waals surface area (Å²) in [5, 5.41) is 4.09. The highest BCUT2D eigenvalue weighted by atomic mass is 35.5. The molecule has 2 rings (SSSR count). The molecule has 1 aromatic carbocycles. The zero-order valence-electron chi connectivity index (χ0n) is 12.2. The maximum atomic E-state index is 6.20. The van der Waals surface area contributed by atoms with Crippen LogP contribution in [0.4, 0.5) is 5.82 Å². The zero-order valence-corrected chi connectivity index (χ0v) is 13.0. The Hall–Kier alpha value is -1.61. The summed E-state index contributed by atoms with van der Waals surface area (Å²) in [6.07, 6.45) is 1.88. The van der Waals surface area contributed by atoms with E-state index in [1.165, 1.54) is 0 Å². The predicted molar refractivity (Wildman–Crippen MR) is 85.4 cm³/mol. The van der Waals surface area contributed by atoms with Gasteiger partial charge in [-0.05, 0) is 25.0 Å². The Bertz CT molecular complexity index is 596. The first-order valence-corrected chi connectivity index (χ1v) is 7.40. The Kier molecular flexibility index (Phi) is 4.96. The van der Waals surface area contributed by atoms with Gasteiger partial charge in [0.05, 0.1) is 5.69 Å². The van der Waals surface area contributed by atoms with Gasteiger partial charge in [0, 0.05) is 29.6 Å². The minimum Gasteiger partial charge on any atom is -0.370 e. The number of anilines is 1. The second kappa shape index (κ2) is 6.71. The molecular weight excluding hydrogens is 270 g/mol. The average Bonchev–Trinajstić information content (AvgIpc) is 2.47. The Labute approximate surface area is 125 Å². The van der Waals surface area contributed by atoms with Gasteiger partial charge in [-0.25, -0.2) is 9.97 Å². The monoisotopic (exact) mass is 289 g/mol. The van der Waals surface area contributed by atoms with E-state index in [4.69, 9.17) is 11.6 Å². The lowest BCUT2D eigenvalue weighted by Crippen LogP contribution is -2.05. The van der Waals surface area contributed by atoms with Crippen LogP contribution < -0.4 is 5.32 Å². The van der Waals surface area contributed by atoms with E-state index in [-0.39, 0.29) is 0 Å². The molecule has 0 saturated heterocycles. The topological polar surface area (TPSA) is 37.8 Å². The maximum absolute atomic E-state index is 6.20. The largest absolute Gasteiger partial charge is 0.370 e. The second-order valence-corrected chi connectivity index (χ2v) is 5.21. The lowest BCUT2D eigenvalue weighted by Gasteiger charge is -2.09. The molecule has 0 radical (unpaired) electrons. The molecule has 0 aliphatic carbocycles. The fraction of sp³-hybridized carbons (Fsp3) is 0.375. The smallest absolute Gasteiger partial charge is 0.131 e. The van der Waals surface area contributed by atoms with Crippen molar-refractivity contribution < 1.29 is 0 Å². The normalized spacial score (nSPS) is 10.6. The molecule has 3 nitrogen and oxygen atoms in total. The molecule has 1 aromatic heterocycles. The van der Waals surface area contributed by atoms with Crippen LogP contribution in [0.25, 0.3) is 11.3 Å². The van der Waals surface area contributed by atoms with E-state index in [1.54, 1.807) is 0 Å². The molecule has 0 saturated carbocycles. The fourth-order valence-corrected chi connectivity index (χ4v) is 2.08. The molecule has 0 fully saturated rings. The summed E-state index contributed by atoms with van der Waals surface area (Å²) >= 11 is 6.20. The summed E-state index contributed by atoms with van der Waals surface area (Å²) in [6, 6.07) is 8.01. The van der Waals surface area contributed by atoms with Crippen molar-refractivity contribution in [3.05, 3.63) is 40.7 Å². The molecule has 106 valence electrons. The van der Waals surface area contributed by atoms with Crippen molar-refractivity contribution in [3.8, 4) is 11.3 Å². The molecular formula is C16H20ClN3. The first-order valence-electron chi connectivity index (χ1n) is 7.02. The maximum Gasteiger partial charge on any atom is 0.131 e. The molecule has 0 unspecified atom stereocenters. The van der Waals surface area contributed by atoms with Gasteiger partial charge in [-0.2, -0.15) is 0 Å². The van der Waals surface area contributed by atoms with Crippen molar-refractivity contribution in [1.82, 2.24) is 9.97 Å². The molecule has 4 heteroatoms. The molecule has 0 spiro atoms. The van der Waals surface area contributed by atoms with Crippen LogP contribution >= 0.6 is 11.6 Å². The van der Waals surface area contributed by atoms with Crippen LogP contribution in [0.15, 0.2) is 24.3 Å². The summed E-state index contributed by atoms with van der Waals surface area (Å²) in [5.41, 5.74) is 3.01. The van der Waals surface area contributed by atoms with E-state index in [9.17, 15) is 0 Å². The predicted octanol–water partition coefficient (Wildman–Crippen LogP) is 4.49. The van der Waals surface area contributed by atoms with Crippen molar-refractivity contribution in [3.63, 3.8) is 0 Å². The third-order valence-electron chi connectivity index (χ3n) is 3.11. The third-order valence-corrected chi connectivity index (χ3v) is 3.52. The lowest BCUT2D eigenvalue weighted by molar-refractivity contribution is 0.919. The van der Waals surface area contributed by atoms with Crippen LogP contribution in [-0.2, 0) is 6.42 Å². The summed E-state index contributed by atoms with van der Waals surface area (Å²) in [7, 11) is 0. The van der Waals surface area contributed by atoms with Crippen molar-refractivity contribution in [2.24, 2.45) is 0 Å². The Morgan fingerprint density at radius 1 is 1.15 bits per heavy atom. The lowest BCUT2D eigenvalue weighted by atomic mass is 10.1. The highest BCUT2D eigenvalue weighted by Gasteiger charge is 2.07. The number of halogens is 1. The van der Waals surface area contributed by atoms with E-state index in [0.717, 1.165) is 52.9 Å². The fourth-order valence-electron chi connectivity index (χ4n) is 1.90. The molecule has 0 aliphatic rings. The standard InChI is InChI=1S/C16H20ClN3/c1-4-8-18-16-10-14(19-15(5-2)20-16)12-7-6-11(3)13(17)9-12/h6-7,9-10H,4-5,8H2,1-3H3,(H,18,19,20). The molecule has 20 heavy (non-hydrogen) atoms. The Morgan fingerprint density at radius 2 is 1.95 bits per heavy atom. The number of aryl methyl sites for hydroxylation is 2. The van der Waals surface area contributed by atoms with Crippen molar-refractivity contribution in [2.45, 2.75) is 33.6 Å². The van der Waals surface area contributed by atoms with Crippen LogP contribution in [-0.4, -0.2) is 16.5 Å². The number of hydrogen-bond acceptors (Lipinski definition) is 3.